The molecule has 7 nitrogen and oxygen atoms in total. The van der Waals surface area contributed by atoms with Crippen molar-refractivity contribution in [1.82, 2.24) is 14.2 Å². The number of nitrogens with zero attached hydrogens (tertiary/aromatic N) is 2. The van der Waals surface area contributed by atoms with E-state index < -0.39 is 16.1 Å². The molecule has 2 aromatic carbocycles. The van der Waals surface area contributed by atoms with Gasteiger partial charge in [0.15, 0.2) is 0 Å². The quantitative estimate of drug-likeness (QED) is 0.504. The number of para-hydroxylation sites is 1. The molecule has 2 N–H and O–H groups in total. The average molecular weight is 468 g/mol. The second-order valence-electron chi connectivity index (χ2n) is 8.68. The number of carboxylic acid groups (broad SMARTS) is 1. The summed E-state index contributed by atoms with van der Waals surface area (Å²) in [4.78, 5) is 13.0. The Morgan fingerprint density at radius 1 is 1.15 bits per heavy atom. The van der Waals surface area contributed by atoms with Gasteiger partial charge in [-0.1, -0.05) is 42.0 Å². The number of benzene rings is 2. The van der Waals surface area contributed by atoms with Gasteiger partial charge < -0.3 is 15.3 Å². The van der Waals surface area contributed by atoms with Crippen LogP contribution in [0.3, 0.4) is 0 Å². The highest BCUT2D eigenvalue weighted by molar-refractivity contribution is 7.90. The van der Waals surface area contributed by atoms with E-state index in [1.807, 2.05) is 37.3 Å². The minimum absolute atomic E-state index is 0.248. The summed E-state index contributed by atoms with van der Waals surface area (Å²) in [6.07, 6.45) is 4.71. The Labute approximate surface area is 194 Å². The van der Waals surface area contributed by atoms with Gasteiger partial charge in [0.2, 0.25) is 0 Å². The first kappa shape index (κ1) is 23.1. The molecule has 0 unspecified atom stereocenters. The maximum atomic E-state index is 13.4. The molecule has 0 spiro atoms. The van der Waals surface area contributed by atoms with Crippen LogP contribution in [0.5, 0.6) is 0 Å². The fourth-order valence-electron chi connectivity index (χ4n) is 4.52. The molecule has 1 fully saturated rings. The van der Waals surface area contributed by atoms with Crippen molar-refractivity contribution < 1.29 is 18.3 Å². The van der Waals surface area contributed by atoms with Crippen LogP contribution in [-0.2, 0) is 16.6 Å². The highest BCUT2D eigenvalue weighted by atomic mass is 32.2. The minimum Gasteiger partial charge on any atom is -0.465 e. The lowest BCUT2D eigenvalue weighted by molar-refractivity contribution is 0.107. The fourth-order valence-corrected chi connectivity index (χ4v) is 5.91. The Kier molecular flexibility index (Phi) is 6.32. The summed E-state index contributed by atoms with van der Waals surface area (Å²) in [6, 6.07) is 14.3. The summed E-state index contributed by atoms with van der Waals surface area (Å²) in [5.74, 6) is 0. The summed E-state index contributed by atoms with van der Waals surface area (Å²) in [5.41, 5.74) is 2.24. The topological polar surface area (TPSA) is 91.6 Å². The average Bonchev–Trinajstić information content (AvgIpc) is 3.18. The van der Waals surface area contributed by atoms with Crippen molar-refractivity contribution in [2.24, 2.45) is 0 Å². The number of fused-ring (bicyclic) bond motifs is 1. The van der Waals surface area contributed by atoms with Crippen LogP contribution in [-0.4, -0.2) is 47.1 Å². The summed E-state index contributed by atoms with van der Waals surface area (Å²) < 4.78 is 28.2. The number of rotatable bonds is 7. The maximum absolute atomic E-state index is 13.4. The molecule has 1 aromatic heterocycles. The van der Waals surface area contributed by atoms with Crippen LogP contribution in [0.1, 0.15) is 30.4 Å². The molecule has 33 heavy (non-hydrogen) atoms. The molecular formula is C25H29N3O4S. The van der Waals surface area contributed by atoms with Crippen LogP contribution in [0.2, 0.25) is 0 Å². The van der Waals surface area contributed by atoms with Crippen LogP contribution >= 0.6 is 0 Å². The number of nitrogens with one attached hydrogen (secondary N) is 1. The number of hydrogen-bond acceptors (Lipinski definition) is 4. The van der Waals surface area contributed by atoms with E-state index in [9.17, 15) is 18.3 Å². The largest absolute Gasteiger partial charge is 0.465 e. The number of likely N-dealkylation sites (tertiary alicyclic amines) is 1. The predicted molar refractivity (Wildman–Crippen MR) is 129 cm³/mol. The summed E-state index contributed by atoms with van der Waals surface area (Å²) in [5, 5.41) is 13.8. The van der Waals surface area contributed by atoms with Gasteiger partial charge in [-0.3, -0.25) is 0 Å². The number of amides is 1. The third-order valence-corrected chi connectivity index (χ3v) is 8.21. The second-order valence-corrected chi connectivity index (χ2v) is 10.5. The first-order valence-corrected chi connectivity index (χ1v) is 12.4. The lowest BCUT2D eigenvalue weighted by Crippen LogP contribution is -2.53. The molecule has 8 heteroatoms. The van der Waals surface area contributed by atoms with Gasteiger partial charge in [0, 0.05) is 36.8 Å². The molecule has 1 aliphatic heterocycles. The van der Waals surface area contributed by atoms with Gasteiger partial charge in [0.25, 0.3) is 10.0 Å². The molecule has 3 aromatic rings. The highest BCUT2D eigenvalue weighted by Gasteiger charge is 2.35. The lowest BCUT2D eigenvalue weighted by atomic mass is 9.84. The zero-order valence-electron chi connectivity index (χ0n) is 18.7. The summed E-state index contributed by atoms with van der Waals surface area (Å²) in [7, 11) is -3.75. The van der Waals surface area contributed by atoms with Gasteiger partial charge in [-0.15, -0.1) is 6.58 Å². The highest BCUT2D eigenvalue weighted by Crippen LogP contribution is 2.30. The van der Waals surface area contributed by atoms with E-state index >= 15 is 0 Å². The normalized spacial score (nSPS) is 16.1. The molecular weight excluding hydrogens is 438 g/mol. The van der Waals surface area contributed by atoms with Gasteiger partial charge in [-0.05, 0) is 49.9 Å². The van der Waals surface area contributed by atoms with Gasteiger partial charge in [0.05, 0.1) is 10.4 Å². The number of aryl methyl sites for hydroxylation is 1. The molecule has 0 bridgehead atoms. The standard InChI is InChI=1S/C25H29N3O4S/c1-3-12-25(13-15-27(16-14-25)24(29)30)26-17-20-18-28(23-7-5-4-6-22(20)23)33(31,32)21-10-8-19(2)9-11-21/h3-11,18,26H,1,12-17H2,2H3,(H,29,30). The van der Waals surface area contributed by atoms with E-state index in [0.29, 0.717) is 44.4 Å². The van der Waals surface area contributed by atoms with Crippen molar-refractivity contribution in [2.75, 3.05) is 13.1 Å². The van der Waals surface area contributed by atoms with E-state index in [1.165, 1.54) is 8.87 Å². The second kappa shape index (κ2) is 9.03. The zero-order chi connectivity index (χ0) is 23.6. The third-order valence-electron chi connectivity index (χ3n) is 6.52. The van der Waals surface area contributed by atoms with Gasteiger partial charge in [-0.25, -0.2) is 17.2 Å². The van der Waals surface area contributed by atoms with Crippen LogP contribution in [0.15, 0.2) is 72.3 Å². The first-order valence-electron chi connectivity index (χ1n) is 11.0. The molecule has 1 amide bonds. The molecule has 0 aliphatic carbocycles. The number of carbonyl (C=O) groups is 1. The number of aromatic nitrogens is 1. The summed E-state index contributed by atoms with van der Waals surface area (Å²) >= 11 is 0. The van der Waals surface area contributed by atoms with E-state index in [4.69, 9.17) is 0 Å². The Bertz CT molecular complexity index is 1270. The molecule has 0 saturated carbocycles. The van der Waals surface area contributed by atoms with E-state index in [-0.39, 0.29) is 10.4 Å². The van der Waals surface area contributed by atoms with Crippen LogP contribution < -0.4 is 5.32 Å². The van der Waals surface area contributed by atoms with Crippen molar-refractivity contribution in [3.8, 4) is 0 Å². The van der Waals surface area contributed by atoms with Crippen molar-refractivity contribution in [3.05, 3.63) is 78.5 Å². The number of hydrogen-bond donors (Lipinski definition) is 2. The Hall–Kier alpha value is -3.10. The molecule has 4 rings (SSSR count). The zero-order valence-corrected chi connectivity index (χ0v) is 19.5. The molecule has 1 aliphatic rings. The molecule has 1 saturated heterocycles. The Balaban J connectivity index is 1.65. The molecule has 0 radical (unpaired) electrons. The Morgan fingerprint density at radius 2 is 1.82 bits per heavy atom. The van der Waals surface area contributed by atoms with E-state index in [0.717, 1.165) is 16.5 Å². The smallest absolute Gasteiger partial charge is 0.407 e. The van der Waals surface area contributed by atoms with Crippen LogP contribution in [0, 0.1) is 6.92 Å². The maximum Gasteiger partial charge on any atom is 0.407 e. The van der Waals surface area contributed by atoms with Gasteiger partial charge in [0.1, 0.15) is 0 Å². The molecule has 2 heterocycles. The lowest BCUT2D eigenvalue weighted by Gasteiger charge is -2.41. The van der Waals surface area contributed by atoms with Crippen LogP contribution in [0.25, 0.3) is 10.9 Å². The summed E-state index contributed by atoms with van der Waals surface area (Å²) in [6.45, 7) is 7.19. The van der Waals surface area contributed by atoms with Gasteiger partial charge in [-0.2, -0.15) is 0 Å². The monoisotopic (exact) mass is 467 g/mol. The van der Waals surface area contributed by atoms with E-state index in [1.54, 1.807) is 30.5 Å². The molecule has 0 atom stereocenters. The fraction of sp³-hybridized carbons (Fsp3) is 0.320. The predicted octanol–water partition coefficient (Wildman–Crippen LogP) is 4.37. The van der Waals surface area contributed by atoms with Crippen molar-refractivity contribution in [3.63, 3.8) is 0 Å². The minimum atomic E-state index is -3.75. The first-order chi connectivity index (χ1) is 15.8. The Morgan fingerprint density at radius 3 is 2.45 bits per heavy atom. The van der Waals surface area contributed by atoms with Crippen molar-refractivity contribution in [2.45, 2.75) is 43.2 Å². The van der Waals surface area contributed by atoms with Crippen molar-refractivity contribution in [1.29, 1.82) is 0 Å². The molecule has 174 valence electrons. The SMILES string of the molecule is C=CCC1(NCc2cn(S(=O)(=O)c3ccc(C)cc3)c3ccccc23)CCN(C(=O)O)CC1. The third kappa shape index (κ3) is 4.54. The number of piperidine rings is 1. The van der Waals surface area contributed by atoms with Crippen LogP contribution in [0.4, 0.5) is 4.79 Å². The van der Waals surface area contributed by atoms with Crippen molar-refractivity contribution >= 4 is 27.0 Å². The van der Waals surface area contributed by atoms with Gasteiger partial charge >= 0.3 is 6.09 Å². The van der Waals surface area contributed by atoms with E-state index in [2.05, 4.69) is 11.9 Å².